The van der Waals surface area contributed by atoms with Crippen LogP contribution >= 0.6 is 0 Å². The van der Waals surface area contributed by atoms with Crippen molar-refractivity contribution in [3.05, 3.63) is 35.8 Å². The van der Waals surface area contributed by atoms with Crippen molar-refractivity contribution in [3.63, 3.8) is 0 Å². The van der Waals surface area contributed by atoms with Gasteiger partial charge in [0.2, 0.25) is 0 Å². The summed E-state index contributed by atoms with van der Waals surface area (Å²) in [6.45, 7) is 1.99. The zero-order chi connectivity index (χ0) is 10.8. The van der Waals surface area contributed by atoms with Gasteiger partial charge in [0.1, 0.15) is 5.65 Å². The molecule has 2 aromatic heterocycles. The quantitative estimate of drug-likeness (QED) is 0.827. The number of nitrogens with zero attached hydrogens (tertiary/aromatic N) is 2. The highest BCUT2D eigenvalue weighted by Crippen LogP contribution is 2.12. The van der Waals surface area contributed by atoms with Gasteiger partial charge >= 0.3 is 5.97 Å². The molecule has 0 saturated heterocycles. The summed E-state index contributed by atoms with van der Waals surface area (Å²) in [7, 11) is 0. The number of hydrogen-bond acceptors (Lipinski definition) is 2. The highest BCUT2D eigenvalue weighted by molar-refractivity contribution is 5.67. The molecule has 0 spiro atoms. The minimum atomic E-state index is -0.780. The van der Waals surface area contributed by atoms with E-state index < -0.39 is 5.97 Å². The van der Waals surface area contributed by atoms with E-state index in [1.54, 1.807) is 6.20 Å². The molecule has 4 heteroatoms. The van der Waals surface area contributed by atoms with E-state index in [-0.39, 0.29) is 6.42 Å². The van der Waals surface area contributed by atoms with Crippen LogP contribution < -0.4 is 0 Å². The molecule has 78 valence electrons. The van der Waals surface area contributed by atoms with Gasteiger partial charge in [-0.3, -0.25) is 4.79 Å². The summed E-state index contributed by atoms with van der Waals surface area (Å²) in [5.74, 6) is -0.780. The minimum Gasteiger partial charge on any atom is -0.481 e. The third kappa shape index (κ3) is 1.83. The topological polar surface area (TPSA) is 54.6 Å². The first-order valence-corrected chi connectivity index (χ1v) is 4.82. The van der Waals surface area contributed by atoms with Gasteiger partial charge in [-0.15, -0.1) is 0 Å². The van der Waals surface area contributed by atoms with Crippen LogP contribution in [0.15, 0.2) is 24.5 Å². The van der Waals surface area contributed by atoms with Gasteiger partial charge in [0.05, 0.1) is 6.42 Å². The van der Waals surface area contributed by atoms with E-state index in [1.165, 1.54) is 0 Å². The van der Waals surface area contributed by atoms with Crippen LogP contribution in [0.25, 0.3) is 5.65 Å². The number of carboxylic acids is 1. The van der Waals surface area contributed by atoms with Crippen LogP contribution in [0.4, 0.5) is 0 Å². The Morgan fingerprint density at radius 1 is 1.60 bits per heavy atom. The predicted octanol–water partition coefficient (Wildman–Crippen LogP) is 1.66. The van der Waals surface area contributed by atoms with E-state index >= 15 is 0 Å². The van der Waals surface area contributed by atoms with Crippen molar-refractivity contribution in [1.82, 2.24) is 9.38 Å². The van der Waals surface area contributed by atoms with Crippen molar-refractivity contribution in [2.45, 2.75) is 19.8 Å². The Bertz CT molecular complexity index is 502. The molecule has 4 nitrogen and oxygen atoms in total. The average Bonchev–Trinajstić information content (AvgIpc) is 2.59. The van der Waals surface area contributed by atoms with Gasteiger partial charge in [0.15, 0.2) is 0 Å². The molecule has 0 aromatic carbocycles. The molecular formula is C11H12N2O2. The van der Waals surface area contributed by atoms with Gasteiger partial charge in [0.25, 0.3) is 0 Å². The second-order valence-electron chi connectivity index (χ2n) is 3.53. The van der Waals surface area contributed by atoms with Crippen molar-refractivity contribution in [2.75, 3.05) is 0 Å². The lowest BCUT2D eigenvalue weighted by atomic mass is 10.2. The second kappa shape index (κ2) is 3.73. The first-order valence-electron chi connectivity index (χ1n) is 4.82. The monoisotopic (exact) mass is 204 g/mol. The Labute approximate surface area is 87.2 Å². The fourth-order valence-electron chi connectivity index (χ4n) is 1.62. The largest absolute Gasteiger partial charge is 0.481 e. The summed E-state index contributed by atoms with van der Waals surface area (Å²) in [5, 5.41) is 8.61. The number of carbonyl (C=O) groups is 1. The number of aromatic nitrogens is 2. The van der Waals surface area contributed by atoms with Crippen molar-refractivity contribution in [3.8, 4) is 0 Å². The number of rotatable bonds is 3. The average molecular weight is 204 g/mol. The maximum Gasteiger partial charge on any atom is 0.303 e. The highest BCUT2D eigenvalue weighted by atomic mass is 16.4. The number of fused-ring (bicyclic) bond motifs is 1. The third-order valence-electron chi connectivity index (χ3n) is 2.40. The summed E-state index contributed by atoms with van der Waals surface area (Å²) >= 11 is 0. The van der Waals surface area contributed by atoms with E-state index in [1.807, 2.05) is 29.7 Å². The molecule has 2 aromatic rings. The molecule has 0 atom stereocenters. The van der Waals surface area contributed by atoms with E-state index in [0.717, 1.165) is 16.9 Å². The number of aliphatic carboxylic acids is 1. The Morgan fingerprint density at radius 2 is 2.40 bits per heavy atom. The summed E-state index contributed by atoms with van der Waals surface area (Å²) < 4.78 is 1.94. The Balaban J connectivity index is 2.37. The molecule has 0 aliphatic heterocycles. The summed E-state index contributed by atoms with van der Waals surface area (Å²) in [4.78, 5) is 14.7. The Kier molecular flexibility index (Phi) is 2.41. The summed E-state index contributed by atoms with van der Waals surface area (Å²) in [6, 6.07) is 3.93. The molecule has 0 fully saturated rings. The number of imidazole rings is 1. The van der Waals surface area contributed by atoms with Crippen LogP contribution in [0.2, 0.25) is 0 Å². The summed E-state index contributed by atoms with van der Waals surface area (Å²) in [6.07, 6.45) is 4.31. The number of pyridine rings is 1. The smallest absolute Gasteiger partial charge is 0.303 e. The van der Waals surface area contributed by atoms with E-state index in [9.17, 15) is 4.79 Å². The molecule has 0 bridgehead atoms. The van der Waals surface area contributed by atoms with E-state index in [0.29, 0.717) is 6.42 Å². The van der Waals surface area contributed by atoms with Crippen molar-refractivity contribution in [1.29, 1.82) is 0 Å². The predicted molar refractivity (Wildman–Crippen MR) is 55.9 cm³/mol. The molecule has 1 N–H and O–H groups in total. The van der Waals surface area contributed by atoms with E-state index in [2.05, 4.69) is 4.98 Å². The van der Waals surface area contributed by atoms with Crippen LogP contribution in [0.1, 0.15) is 17.7 Å². The summed E-state index contributed by atoms with van der Waals surface area (Å²) in [5.41, 5.74) is 2.94. The number of hydrogen-bond donors (Lipinski definition) is 1. The Morgan fingerprint density at radius 3 is 3.13 bits per heavy atom. The Hall–Kier alpha value is -1.84. The molecule has 0 saturated carbocycles. The molecule has 0 unspecified atom stereocenters. The number of aryl methyl sites for hydroxylation is 2. The lowest BCUT2D eigenvalue weighted by molar-refractivity contribution is -0.136. The first kappa shape index (κ1) is 9.71. The van der Waals surface area contributed by atoms with Gasteiger partial charge in [-0.1, -0.05) is 6.07 Å². The lowest BCUT2D eigenvalue weighted by Gasteiger charge is -2.00. The van der Waals surface area contributed by atoms with Crippen LogP contribution in [0.3, 0.4) is 0 Å². The molecule has 0 aliphatic rings. The molecule has 0 radical (unpaired) electrons. The third-order valence-corrected chi connectivity index (χ3v) is 2.40. The van der Waals surface area contributed by atoms with Gasteiger partial charge in [-0.25, -0.2) is 4.98 Å². The zero-order valence-electron chi connectivity index (χ0n) is 8.47. The van der Waals surface area contributed by atoms with Gasteiger partial charge in [-0.05, 0) is 18.6 Å². The van der Waals surface area contributed by atoms with Crippen LogP contribution in [-0.4, -0.2) is 20.5 Å². The normalized spacial score (nSPS) is 10.7. The van der Waals surface area contributed by atoms with Gasteiger partial charge in [0, 0.05) is 24.5 Å². The first-order chi connectivity index (χ1) is 7.18. The van der Waals surface area contributed by atoms with Crippen LogP contribution in [0, 0.1) is 6.92 Å². The van der Waals surface area contributed by atoms with Gasteiger partial charge < -0.3 is 9.51 Å². The molecule has 2 rings (SSSR count). The van der Waals surface area contributed by atoms with Gasteiger partial charge in [-0.2, -0.15) is 0 Å². The SMILES string of the molecule is Cc1cccn2c(CCC(=O)O)cnc12. The molecule has 0 amide bonds. The standard InChI is InChI=1S/C11H12N2O2/c1-8-3-2-6-13-9(4-5-10(14)15)7-12-11(8)13/h2-3,6-7H,4-5H2,1H3,(H,14,15). The zero-order valence-corrected chi connectivity index (χ0v) is 8.47. The molecule has 0 aliphatic carbocycles. The van der Waals surface area contributed by atoms with Crippen molar-refractivity contribution < 1.29 is 9.90 Å². The van der Waals surface area contributed by atoms with Crippen LogP contribution in [-0.2, 0) is 11.2 Å². The van der Waals surface area contributed by atoms with Crippen molar-refractivity contribution >= 4 is 11.6 Å². The fraction of sp³-hybridized carbons (Fsp3) is 0.273. The lowest BCUT2D eigenvalue weighted by Crippen LogP contribution is -2.00. The van der Waals surface area contributed by atoms with E-state index in [4.69, 9.17) is 5.11 Å². The molecule has 2 heterocycles. The fourth-order valence-corrected chi connectivity index (χ4v) is 1.62. The van der Waals surface area contributed by atoms with Crippen molar-refractivity contribution in [2.24, 2.45) is 0 Å². The van der Waals surface area contributed by atoms with Crippen LogP contribution in [0.5, 0.6) is 0 Å². The molecular weight excluding hydrogens is 192 g/mol. The maximum atomic E-state index is 10.5. The minimum absolute atomic E-state index is 0.141. The second-order valence-corrected chi connectivity index (χ2v) is 3.53. The number of carboxylic acid groups (broad SMARTS) is 1. The maximum absolute atomic E-state index is 10.5. The molecule has 15 heavy (non-hydrogen) atoms. The highest BCUT2D eigenvalue weighted by Gasteiger charge is 2.06.